The van der Waals surface area contributed by atoms with Crippen LogP contribution in [0.5, 0.6) is 0 Å². The molecule has 1 aliphatic heterocycles. The summed E-state index contributed by atoms with van der Waals surface area (Å²) in [4.78, 5) is 22.7. The Bertz CT molecular complexity index is 264. The summed E-state index contributed by atoms with van der Waals surface area (Å²) in [6.45, 7) is 1.32. The van der Waals surface area contributed by atoms with Crippen LogP contribution in [0.3, 0.4) is 0 Å². The lowest BCUT2D eigenvalue weighted by atomic mass is 10.1. The molecule has 0 aromatic rings. The number of amides is 1. The molecule has 1 unspecified atom stereocenters. The molecule has 1 saturated heterocycles. The first-order chi connectivity index (χ1) is 8.15. The van der Waals surface area contributed by atoms with E-state index in [2.05, 4.69) is 10.6 Å². The second kappa shape index (κ2) is 7.24. The van der Waals surface area contributed by atoms with E-state index in [0.717, 1.165) is 19.4 Å². The van der Waals surface area contributed by atoms with Crippen LogP contribution in [-0.4, -0.2) is 49.3 Å². The number of carboxylic acids is 1. The summed E-state index contributed by atoms with van der Waals surface area (Å²) in [6.07, 6.45) is 2.74. The second-order valence-corrected chi connectivity index (χ2v) is 4.18. The first kappa shape index (κ1) is 13.9. The van der Waals surface area contributed by atoms with Crippen LogP contribution in [0.15, 0.2) is 0 Å². The zero-order valence-corrected chi connectivity index (χ0v) is 10.1. The molecule has 0 aromatic heterocycles. The van der Waals surface area contributed by atoms with Gasteiger partial charge in [-0.2, -0.15) is 0 Å². The summed E-state index contributed by atoms with van der Waals surface area (Å²) in [5.41, 5.74) is 0. The van der Waals surface area contributed by atoms with Crippen LogP contribution in [-0.2, 0) is 14.3 Å². The summed E-state index contributed by atoms with van der Waals surface area (Å²) in [5.74, 6) is -1.21. The molecule has 6 heteroatoms. The molecule has 1 rings (SSSR count). The van der Waals surface area contributed by atoms with Gasteiger partial charge in [-0.15, -0.1) is 0 Å². The third-order valence-electron chi connectivity index (χ3n) is 2.83. The van der Waals surface area contributed by atoms with Gasteiger partial charge >= 0.3 is 5.97 Å². The predicted molar refractivity (Wildman–Crippen MR) is 61.7 cm³/mol. The number of nitrogens with one attached hydrogen (secondary N) is 2. The lowest BCUT2D eigenvalue weighted by Crippen LogP contribution is -2.48. The molecule has 1 amide bonds. The highest BCUT2D eigenvalue weighted by atomic mass is 16.5. The summed E-state index contributed by atoms with van der Waals surface area (Å²) >= 11 is 0. The Morgan fingerprint density at radius 1 is 1.59 bits per heavy atom. The van der Waals surface area contributed by atoms with Gasteiger partial charge in [-0.3, -0.25) is 4.79 Å². The van der Waals surface area contributed by atoms with Gasteiger partial charge < -0.3 is 20.5 Å². The number of carbonyl (C=O) groups excluding carboxylic acids is 1. The van der Waals surface area contributed by atoms with Crippen LogP contribution in [0.1, 0.15) is 25.7 Å². The van der Waals surface area contributed by atoms with Crippen molar-refractivity contribution in [2.45, 2.75) is 37.8 Å². The number of carbonyl (C=O) groups is 2. The maximum absolute atomic E-state index is 11.7. The van der Waals surface area contributed by atoms with Crippen molar-refractivity contribution in [3.8, 4) is 0 Å². The minimum absolute atomic E-state index is 0.215. The fraction of sp³-hybridized carbons (Fsp3) is 0.818. The number of hydrogen-bond donors (Lipinski definition) is 3. The van der Waals surface area contributed by atoms with Gasteiger partial charge in [-0.1, -0.05) is 0 Å². The standard InChI is InChI=1S/C11H20N2O4/c1-17-7-3-5-9(11(15)16)13-10(14)8-4-2-6-12-8/h8-9,12H,2-7H2,1H3,(H,13,14)(H,15,16)/t8-,9?/m1/s1. The summed E-state index contributed by atoms with van der Waals surface area (Å²) in [6, 6.07) is -1.06. The quantitative estimate of drug-likeness (QED) is 0.537. The van der Waals surface area contributed by atoms with Crippen LogP contribution in [0.4, 0.5) is 0 Å². The Balaban J connectivity index is 2.36. The van der Waals surface area contributed by atoms with Crippen LogP contribution in [0.2, 0.25) is 0 Å². The predicted octanol–water partition coefficient (Wildman–Crippen LogP) is -0.266. The molecule has 6 nitrogen and oxygen atoms in total. The van der Waals surface area contributed by atoms with E-state index in [0.29, 0.717) is 19.4 Å². The van der Waals surface area contributed by atoms with Crippen molar-refractivity contribution in [2.75, 3.05) is 20.3 Å². The highest BCUT2D eigenvalue weighted by molar-refractivity contribution is 5.87. The molecule has 3 N–H and O–H groups in total. The van der Waals surface area contributed by atoms with E-state index in [4.69, 9.17) is 9.84 Å². The number of rotatable bonds is 7. The summed E-state index contributed by atoms with van der Waals surface area (Å²) in [7, 11) is 1.57. The second-order valence-electron chi connectivity index (χ2n) is 4.18. The van der Waals surface area contributed by atoms with Crippen molar-refractivity contribution in [1.29, 1.82) is 0 Å². The average Bonchev–Trinajstić information content (AvgIpc) is 2.81. The Labute approximate surface area is 101 Å². The lowest BCUT2D eigenvalue weighted by molar-refractivity contribution is -0.142. The minimum Gasteiger partial charge on any atom is -0.480 e. The first-order valence-electron chi connectivity index (χ1n) is 5.90. The molecule has 1 aliphatic rings. The molecular formula is C11H20N2O4. The lowest BCUT2D eigenvalue weighted by Gasteiger charge is -2.17. The van der Waals surface area contributed by atoms with E-state index < -0.39 is 12.0 Å². The molecule has 1 fully saturated rings. The molecule has 17 heavy (non-hydrogen) atoms. The van der Waals surface area contributed by atoms with Gasteiger partial charge in [-0.05, 0) is 32.2 Å². The van der Waals surface area contributed by atoms with E-state index in [1.54, 1.807) is 7.11 Å². The normalized spacial score (nSPS) is 21.1. The minimum atomic E-state index is -0.993. The first-order valence-corrected chi connectivity index (χ1v) is 5.90. The van der Waals surface area contributed by atoms with Gasteiger partial charge in [0.2, 0.25) is 5.91 Å². The van der Waals surface area contributed by atoms with Crippen LogP contribution in [0.25, 0.3) is 0 Å². The Hall–Kier alpha value is -1.14. The molecule has 0 aromatic carbocycles. The van der Waals surface area contributed by atoms with E-state index in [1.807, 2.05) is 0 Å². The zero-order valence-electron chi connectivity index (χ0n) is 10.1. The number of carboxylic acid groups (broad SMARTS) is 1. The van der Waals surface area contributed by atoms with Crippen molar-refractivity contribution >= 4 is 11.9 Å². The third kappa shape index (κ3) is 4.70. The van der Waals surface area contributed by atoms with Crippen molar-refractivity contribution in [2.24, 2.45) is 0 Å². The topological polar surface area (TPSA) is 87.7 Å². The number of hydrogen-bond acceptors (Lipinski definition) is 4. The Morgan fingerprint density at radius 2 is 2.35 bits per heavy atom. The molecule has 0 saturated carbocycles. The van der Waals surface area contributed by atoms with Crippen molar-refractivity contribution in [1.82, 2.24) is 10.6 Å². The summed E-state index contributed by atoms with van der Waals surface area (Å²) in [5, 5.41) is 14.6. The molecule has 0 spiro atoms. The van der Waals surface area contributed by atoms with Crippen LogP contribution in [0, 0.1) is 0 Å². The molecule has 2 atom stereocenters. The smallest absolute Gasteiger partial charge is 0.326 e. The monoisotopic (exact) mass is 244 g/mol. The van der Waals surface area contributed by atoms with Gasteiger partial charge in [0.15, 0.2) is 0 Å². The van der Waals surface area contributed by atoms with E-state index in [-0.39, 0.29) is 11.9 Å². The van der Waals surface area contributed by atoms with Crippen molar-refractivity contribution in [3.63, 3.8) is 0 Å². The highest BCUT2D eigenvalue weighted by Crippen LogP contribution is 2.06. The molecule has 98 valence electrons. The number of ether oxygens (including phenoxy) is 1. The van der Waals surface area contributed by atoms with Crippen LogP contribution >= 0.6 is 0 Å². The molecule has 0 radical (unpaired) electrons. The van der Waals surface area contributed by atoms with Crippen molar-refractivity contribution in [3.05, 3.63) is 0 Å². The molecule has 0 bridgehead atoms. The highest BCUT2D eigenvalue weighted by Gasteiger charge is 2.26. The Kier molecular flexibility index (Phi) is 5.93. The van der Waals surface area contributed by atoms with E-state index in [1.165, 1.54) is 0 Å². The molecule has 1 heterocycles. The fourth-order valence-electron chi connectivity index (χ4n) is 1.87. The maximum Gasteiger partial charge on any atom is 0.326 e. The third-order valence-corrected chi connectivity index (χ3v) is 2.83. The SMILES string of the molecule is COCCCC(NC(=O)[C@H]1CCCN1)C(=O)O. The maximum atomic E-state index is 11.7. The van der Waals surface area contributed by atoms with Gasteiger partial charge in [0.25, 0.3) is 0 Å². The van der Waals surface area contributed by atoms with E-state index >= 15 is 0 Å². The van der Waals surface area contributed by atoms with Gasteiger partial charge in [0, 0.05) is 13.7 Å². The van der Waals surface area contributed by atoms with Crippen LogP contribution < -0.4 is 10.6 Å². The number of methoxy groups -OCH3 is 1. The van der Waals surface area contributed by atoms with Gasteiger partial charge in [0.1, 0.15) is 6.04 Å². The number of aliphatic carboxylic acids is 1. The summed E-state index contributed by atoms with van der Waals surface area (Å²) < 4.78 is 4.86. The largest absolute Gasteiger partial charge is 0.480 e. The average molecular weight is 244 g/mol. The zero-order chi connectivity index (χ0) is 12.7. The Morgan fingerprint density at radius 3 is 2.88 bits per heavy atom. The molecule has 0 aliphatic carbocycles. The molecular weight excluding hydrogens is 224 g/mol. The van der Waals surface area contributed by atoms with E-state index in [9.17, 15) is 9.59 Å². The van der Waals surface area contributed by atoms with Gasteiger partial charge in [-0.25, -0.2) is 4.79 Å². The van der Waals surface area contributed by atoms with Crippen molar-refractivity contribution < 1.29 is 19.4 Å². The fourth-order valence-corrected chi connectivity index (χ4v) is 1.87. The van der Waals surface area contributed by atoms with Gasteiger partial charge in [0.05, 0.1) is 6.04 Å².